The molecule has 1 unspecified atom stereocenters. The molecule has 0 bridgehead atoms. The fourth-order valence-electron chi connectivity index (χ4n) is 2.77. The predicted molar refractivity (Wildman–Crippen MR) is 71.4 cm³/mol. The van der Waals surface area contributed by atoms with Gasteiger partial charge in [-0.15, -0.1) is 0 Å². The highest BCUT2D eigenvalue weighted by Gasteiger charge is 2.45. The Kier molecular flexibility index (Phi) is 3.70. The Morgan fingerprint density at radius 2 is 1.94 bits per heavy atom. The van der Waals surface area contributed by atoms with Gasteiger partial charge in [0.15, 0.2) is 0 Å². The summed E-state index contributed by atoms with van der Waals surface area (Å²) in [6, 6.07) is 0.781. The van der Waals surface area contributed by atoms with E-state index < -0.39 is 0 Å². The third kappa shape index (κ3) is 3.69. The van der Waals surface area contributed by atoms with Crippen LogP contribution in [0.25, 0.3) is 0 Å². The van der Waals surface area contributed by atoms with E-state index in [0.717, 1.165) is 25.8 Å². The van der Waals surface area contributed by atoms with E-state index in [0.29, 0.717) is 18.5 Å². The first-order chi connectivity index (χ1) is 8.28. The van der Waals surface area contributed by atoms with E-state index in [4.69, 9.17) is 4.74 Å². The molecule has 2 N–H and O–H groups in total. The standard InChI is InChI=1S/C14H26N2O2/c1-13(2)9-11(14(3,4)18-13)15-8-7-12(17)16-10-5-6-10/h10-11,15H,5-9H2,1-4H3,(H,16,17). The predicted octanol–water partition coefficient (Wildman–Crippen LogP) is 1.59. The molecular weight excluding hydrogens is 228 g/mol. The van der Waals surface area contributed by atoms with Gasteiger partial charge in [0.05, 0.1) is 11.2 Å². The smallest absolute Gasteiger partial charge is 0.221 e. The van der Waals surface area contributed by atoms with Crippen molar-refractivity contribution in [3.05, 3.63) is 0 Å². The first-order valence-electron chi connectivity index (χ1n) is 7.01. The number of amides is 1. The van der Waals surface area contributed by atoms with Gasteiger partial charge in [0, 0.05) is 25.0 Å². The Balaban J connectivity index is 1.71. The van der Waals surface area contributed by atoms with Gasteiger partial charge in [0.2, 0.25) is 5.91 Å². The minimum atomic E-state index is -0.156. The Labute approximate surface area is 110 Å². The summed E-state index contributed by atoms with van der Waals surface area (Å²) in [5, 5.41) is 6.47. The molecule has 0 radical (unpaired) electrons. The van der Waals surface area contributed by atoms with Crippen molar-refractivity contribution in [1.82, 2.24) is 10.6 Å². The first kappa shape index (κ1) is 13.8. The number of rotatable bonds is 5. The van der Waals surface area contributed by atoms with Crippen molar-refractivity contribution in [2.75, 3.05) is 6.54 Å². The molecule has 1 saturated heterocycles. The highest BCUT2D eigenvalue weighted by atomic mass is 16.5. The maximum atomic E-state index is 11.6. The lowest BCUT2D eigenvalue weighted by molar-refractivity contribution is -0.121. The summed E-state index contributed by atoms with van der Waals surface area (Å²) in [5.74, 6) is 0.168. The molecule has 2 rings (SSSR count). The van der Waals surface area contributed by atoms with Crippen LogP contribution in [0, 0.1) is 0 Å². The van der Waals surface area contributed by atoms with E-state index in [9.17, 15) is 4.79 Å². The number of ether oxygens (including phenoxy) is 1. The molecule has 2 aliphatic rings. The summed E-state index contributed by atoms with van der Waals surface area (Å²) in [4.78, 5) is 11.6. The maximum Gasteiger partial charge on any atom is 0.221 e. The van der Waals surface area contributed by atoms with Crippen LogP contribution in [-0.2, 0) is 9.53 Å². The van der Waals surface area contributed by atoms with Crippen molar-refractivity contribution in [2.45, 2.75) is 76.7 Å². The lowest BCUT2D eigenvalue weighted by atomic mass is 9.94. The SMILES string of the molecule is CC1(C)CC(NCCC(=O)NC2CC2)C(C)(C)O1. The fraction of sp³-hybridized carbons (Fsp3) is 0.929. The second-order valence-corrected chi connectivity index (χ2v) is 6.77. The van der Waals surface area contributed by atoms with E-state index in [-0.39, 0.29) is 17.1 Å². The molecule has 1 aliphatic carbocycles. The molecule has 1 atom stereocenters. The molecule has 18 heavy (non-hydrogen) atoms. The van der Waals surface area contributed by atoms with Crippen LogP contribution in [0.2, 0.25) is 0 Å². The maximum absolute atomic E-state index is 11.6. The zero-order valence-electron chi connectivity index (χ0n) is 12.0. The molecule has 0 aromatic heterocycles. The molecule has 1 amide bonds. The quantitative estimate of drug-likeness (QED) is 0.783. The normalized spacial score (nSPS) is 29.2. The van der Waals surface area contributed by atoms with Crippen LogP contribution >= 0.6 is 0 Å². The summed E-state index contributed by atoms with van der Waals surface area (Å²) >= 11 is 0. The third-order valence-corrected chi connectivity index (χ3v) is 3.76. The average Bonchev–Trinajstić information content (AvgIpc) is 2.94. The largest absolute Gasteiger partial charge is 0.368 e. The van der Waals surface area contributed by atoms with E-state index >= 15 is 0 Å². The van der Waals surface area contributed by atoms with Gasteiger partial charge in [-0.1, -0.05) is 0 Å². The van der Waals surface area contributed by atoms with Crippen molar-refractivity contribution in [2.24, 2.45) is 0 Å². The molecule has 0 aromatic carbocycles. The Morgan fingerprint density at radius 1 is 1.28 bits per heavy atom. The molecule has 104 valence electrons. The molecule has 1 heterocycles. The summed E-state index contributed by atoms with van der Waals surface area (Å²) < 4.78 is 6.02. The molecule has 4 nitrogen and oxygen atoms in total. The second kappa shape index (κ2) is 4.82. The van der Waals surface area contributed by atoms with Gasteiger partial charge in [0.25, 0.3) is 0 Å². The Bertz CT molecular complexity index is 322. The highest BCUT2D eigenvalue weighted by Crippen LogP contribution is 2.37. The monoisotopic (exact) mass is 254 g/mol. The number of carbonyl (C=O) groups excluding carboxylic acids is 1. The minimum absolute atomic E-state index is 0.0720. The van der Waals surface area contributed by atoms with Crippen molar-refractivity contribution in [1.29, 1.82) is 0 Å². The van der Waals surface area contributed by atoms with Crippen molar-refractivity contribution >= 4 is 5.91 Å². The molecule has 2 fully saturated rings. The molecule has 4 heteroatoms. The van der Waals surface area contributed by atoms with Crippen LogP contribution < -0.4 is 10.6 Å². The zero-order valence-corrected chi connectivity index (χ0v) is 12.0. The molecule has 0 aromatic rings. The second-order valence-electron chi connectivity index (χ2n) is 6.77. The van der Waals surface area contributed by atoms with Crippen LogP contribution in [0.5, 0.6) is 0 Å². The van der Waals surface area contributed by atoms with Crippen LogP contribution in [0.1, 0.15) is 53.4 Å². The minimum Gasteiger partial charge on any atom is -0.368 e. The average molecular weight is 254 g/mol. The van der Waals surface area contributed by atoms with Gasteiger partial charge in [-0.2, -0.15) is 0 Å². The van der Waals surface area contributed by atoms with Gasteiger partial charge >= 0.3 is 0 Å². The summed E-state index contributed by atoms with van der Waals surface area (Å²) in [6.45, 7) is 9.20. The summed E-state index contributed by atoms with van der Waals surface area (Å²) in [5.41, 5.74) is -0.228. The van der Waals surface area contributed by atoms with Crippen molar-refractivity contribution in [3.63, 3.8) is 0 Å². The van der Waals surface area contributed by atoms with E-state index in [1.165, 1.54) is 0 Å². The Hall–Kier alpha value is -0.610. The molecule has 1 aliphatic heterocycles. The lowest BCUT2D eigenvalue weighted by Gasteiger charge is -2.27. The van der Waals surface area contributed by atoms with Gasteiger partial charge in [-0.25, -0.2) is 0 Å². The molecule has 0 spiro atoms. The van der Waals surface area contributed by atoms with E-state index in [2.05, 4.69) is 38.3 Å². The van der Waals surface area contributed by atoms with Crippen LogP contribution in [0.15, 0.2) is 0 Å². The topological polar surface area (TPSA) is 50.4 Å². The zero-order chi connectivity index (χ0) is 13.4. The number of carbonyl (C=O) groups is 1. The fourth-order valence-corrected chi connectivity index (χ4v) is 2.77. The van der Waals surface area contributed by atoms with Gasteiger partial charge in [-0.05, 0) is 47.0 Å². The summed E-state index contributed by atoms with van der Waals surface area (Å²) in [7, 11) is 0. The van der Waals surface area contributed by atoms with Crippen molar-refractivity contribution < 1.29 is 9.53 Å². The van der Waals surface area contributed by atoms with E-state index in [1.54, 1.807) is 0 Å². The van der Waals surface area contributed by atoms with Crippen LogP contribution in [0.3, 0.4) is 0 Å². The highest BCUT2D eigenvalue weighted by molar-refractivity contribution is 5.76. The van der Waals surface area contributed by atoms with Gasteiger partial charge in [-0.3, -0.25) is 4.79 Å². The molecule has 1 saturated carbocycles. The summed E-state index contributed by atoms with van der Waals surface area (Å²) in [6.07, 6.45) is 3.85. The Morgan fingerprint density at radius 3 is 2.44 bits per heavy atom. The van der Waals surface area contributed by atoms with Gasteiger partial charge < -0.3 is 15.4 Å². The van der Waals surface area contributed by atoms with Crippen LogP contribution in [0.4, 0.5) is 0 Å². The number of hydrogen-bond donors (Lipinski definition) is 2. The van der Waals surface area contributed by atoms with Crippen LogP contribution in [-0.4, -0.2) is 35.7 Å². The number of nitrogens with one attached hydrogen (secondary N) is 2. The molecular formula is C14H26N2O2. The lowest BCUT2D eigenvalue weighted by Crippen LogP contribution is -2.44. The first-order valence-corrected chi connectivity index (χ1v) is 7.01. The van der Waals surface area contributed by atoms with E-state index in [1.807, 2.05) is 0 Å². The third-order valence-electron chi connectivity index (χ3n) is 3.76. The number of hydrogen-bond acceptors (Lipinski definition) is 3. The van der Waals surface area contributed by atoms with Crippen molar-refractivity contribution in [3.8, 4) is 0 Å². The van der Waals surface area contributed by atoms with Gasteiger partial charge in [0.1, 0.15) is 0 Å².